The van der Waals surface area contributed by atoms with E-state index in [4.69, 9.17) is 5.11 Å². The fourth-order valence-electron chi connectivity index (χ4n) is 0.933. The second-order valence-electron chi connectivity index (χ2n) is 4.14. The Balaban J connectivity index is 3.84. The number of hydrogen-bond acceptors (Lipinski definition) is 3. The van der Waals surface area contributed by atoms with E-state index in [0.717, 1.165) is 0 Å². The topological polar surface area (TPSA) is 69.6 Å². The van der Waals surface area contributed by atoms with Crippen molar-refractivity contribution in [2.24, 2.45) is 11.8 Å². The Morgan fingerprint density at radius 3 is 2.14 bits per heavy atom. The summed E-state index contributed by atoms with van der Waals surface area (Å²) in [4.78, 5) is 10.6. The summed E-state index contributed by atoms with van der Waals surface area (Å²) in [5.41, 5.74) is 0. The first-order valence-electron chi connectivity index (χ1n) is 5.00. The zero-order valence-corrected chi connectivity index (χ0v) is 9.32. The quantitative estimate of drug-likeness (QED) is 0.594. The minimum atomic E-state index is -0.816. The van der Waals surface area contributed by atoms with E-state index < -0.39 is 18.0 Å². The van der Waals surface area contributed by atoms with Crippen LogP contribution in [0.25, 0.3) is 0 Å². The summed E-state index contributed by atoms with van der Waals surface area (Å²) in [6, 6.07) is -0.124. The first-order chi connectivity index (χ1) is 6.36. The Morgan fingerprint density at radius 2 is 1.79 bits per heavy atom. The highest BCUT2D eigenvalue weighted by atomic mass is 16.4. The maximum atomic E-state index is 10.6. The maximum Gasteiger partial charge on any atom is 0.307 e. The van der Waals surface area contributed by atoms with Crippen LogP contribution in [-0.4, -0.2) is 34.9 Å². The fourth-order valence-corrected chi connectivity index (χ4v) is 0.933. The van der Waals surface area contributed by atoms with E-state index in [1.165, 1.54) is 0 Å². The van der Waals surface area contributed by atoms with Gasteiger partial charge >= 0.3 is 5.97 Å². The molecule has 0 aliphatic rings. The summed E-state index contributed by atoms with van der Waals surface area (Å²) in [6.45, 7) is 7.76. The molecule has 0 bridgehead atoms. The Kier molecular flexibility index (Phi) is 5.72. The molecule has 0 fully saturated rings. The van der Waals surface area contributed by atoms with Gasteiger partial charge in [0, 0.05) is 12.6 Å². The molecule has 3 unspecified atom stereocenters. The largest absolute Gasteiger partial charge is 0.481 e. The Bertz CT molecular complexity index is 182. The summed E-state index contributed by atoms with van der Waals surface area (Å²) < 4.78 is 0. The van der Waals surface area contributed by atoms with Crippen LogP contribution in [0.4, 0.5) is 0 Å². The normalized spacial score (nSPS) is 17.9. The van der Waals surface area contributed by atoms with Crippen molar-refractivity contribution in [3.8, 4) is 0 Å². The SMILES string of the molecule is CC(C)C(O)CNC(C)C(C)C(=O)O. The summed E-state index contributed by atoms with van der Waals surface area (Å²) >= 11 is 0. The summed E-state index contributed by atoms with van der Waals surface area (Å²) in [5, 5.41) is 21.2. The van der Waals surface area contributed by atoms with Crippen LogP contribution in [0.2, 0.25) is 0 Å². The number of aliphatic hydroxyl groups excluding tert-OH is 1. The van der Waals surface area contributed by atoms with Crippen LogP contribution in [0.15, 0.2) is 0 Å². The van der Waals surface area contributed by atoms with Crippen molar-refractivity contribution in [2.75, 3.05) is 6.54 Å². The first kappa shape index (κ1) is 13.4. The van der Waals surface area contributed by atoms with E-state index in [9.17, 15) is 9.90 Å². The van der Waals surface area contributed by atoms with E-state index >= 15 is 0 Å². The van der Waals surface area contributed by atoms with Gasteiger partial charge in [0.2, 0.25) is 0 Å². The number of rotatable bonds is 6. The van der Waals surface area contributed by atoms with Crippen molar-refractivity contribution in [2.45, 2.75) is 39.8 Å². The number of carbonyl (C=O) groups is 1. The van der Waals surface area contributed by atoms with Gasteiger partial charge in [0.05, 0.1) is 12.0 Å². The lowest BCUT2D eigenvalue weighted by atomic mass is 10.0. The number of carboxylic acid groups (broad SMARTS) is 1. The standard InChI is InChI=1S/C10H21NO3/c1-6(2)9(12)5-11-8(4)7(3)10(13)14/h6-9,11-12H,5H2,1-4H3,(H,13,14). The van der Waals surface area contributed by atoms with Gasteiger partial charge < -0.3 is 15.5 Å². The van der Waals surface area contributed by atoms with E-state index in [-0.39, 0.29) is 12.0 Å². The van der Waals surface area contributed by atoms with Gasteiger partial charge in [0.15, 0.2) is 0 Å². The molecular formula is C10H21NO3. The number of aliphatic carboxylic acids is 1. The summed E-state index contributed by atoms with van der Waals surface area (Å²) in [5.74, 6) is -1.06. The highest BCUT2D eigenvalue weighted by Gasteiger charge is 2.20. The maximum absolute atomic E-state index is 10.6. The third-order valence-corrected chi connectivity index (χ3v) is 2.56. The Hall–Kier alpha value is -0.610. The summed E-state index contributed by atoms with van der Waals surface area (Å²) in [7, 11) is 0. The van der Waals surface area contributed by atoms with Crippen LogP contribution in [0, 0.1) is 11.8 Å². The molecule has 14 heavy (non-hydrogen) atoms. The molecule has 4 nitrogen and oxygen atoms in total. The van der Waals surface area contributed by atoms with Crippen LogP contribution >= 0.6 is 0 Å². The van der Waals surface area contributed by atoms with Crippen LogP contribution in [0.5, 0.6) is 0 Å². The molecule has 0 radical (unpaired) electrons. The third kappa shape index (κ3) is 4.58. The minimum absolute atomic E-state index is 0.124. The van der Waals surface area contributed by atoms with Crippen LogP contribution in [0.1, 0.15) is 27.7 Å². The lowest BCUT2D eigenvalue weighted by Gasteiger charge is -2.21. The van der Waals surface area contributed by atoms with E-state index in [1.807, 2.05) is 20.8 Å². The molecule has 0 aromatic carbocycles. The van der Waals surface area contributed by atoms with Gasteiger partial charge in [0.25, 0.3) is 0 Å². The van der Waals surface area contributed by atoms with E-state index in [2.05, 4.69) is 5.32 Å². The number of aliphatic hydroxyl groups is 1. The molecule has 3 atom stereocenters. The minimum Gasteiger partial charge on any atom is -0.481 e. The Labute approximate surface area is 85.3 Å². The van der Waals surface area contributed by atoms with Crippen LogP contribution in [0.3, 0.4) is 0 Å². The van der Waals surface area contributed by atoms with Gasteiger partial charge in [-0.2, -0.15) is 0 Å². The molecule has 0 saturated heterocycles. The average Bonchev–Trinajstić information content (AvgIpc) is 2.11. The van der Waals surface area contributed by atoms with Gasteiger partial charge in [0.1, 0.15) is 0 Å². The molecule has 0 spiro atoms. The second kappa shape index (κ2) is 5.98. The van der Waals surface area contributed by atoms with Crippen LogP contribution < -0.4 is 5.32 Å². The van der Waals surface area contributed by atoms with Crippen molar-refractivity contribution in [1.82, 2.24) is 5.32 Å². The predicted octanol–water partition coefficient (Wildman–Crippen LogP) is 0.702. The molecule has 84 valence electrons. The van der Waals surface area contributed by atoms with Crippen molar-refractivity contribution < 1.29 is 15.0 Å². The molecule has 0 aliphatic heterocycles. The highest BCUT2D eigenvalue weighted by Crippen LogP contribution is 2.04. The van der Waals surface area contributed by atoms with Gasteiger partial charge in [-0.1, -0.05) is 20.8 Å². The van der Waals surface area contributed by atoms with Gasteiger partial charge in [-0.05, 0) is 12.8 Å². The highest BCUT2D eigenvalue weighted by molar-refractivity contribution is 5.70. The zero-order chi connectivity index (χ0) is 11.3. The first-order valence-corrected chi connectivity index (χ1v) is 5.00. The van der Waals surface area contributed by atoms with E-state index in [1.54, 1.807) is 6.92 Å². The van der Waals surface area contributed by atoms with Gasteiger partial charge in [-0.3, -0.25) is 4.79 Å². The molecule has 0 aliphatic carbocycles. The molecule has 3 N–H and O–H groups in total. The number of carboxylic acids is 1. The van der Waals surface area contributed by atoms with Crippen molar-refractivity contribution >= 4 is 5.97 Å². The number of nitrogens with one attached hydrogen (secondary N) is 1. The molecule has 0 saturated carbocycles. The molecule has 0 amide bonds. The van der Waals surface area contributed by atoms with Crippen molar-refractivity contribution in [1.29, 1.82) is 0 Å². The fraction of sp³-hybridized carbons (Fsp3) is 0.900. The smallest absolute Gasteiger partial charge is 0.307 e. The molecule has 0 aromatic rings. The Morgan fingerprint density at radius 1 is 1.29 bits per heavy atom. The molecule has 0 rings (SSSR count). The van der Waals surface area contributed by atoms with Gasteiger partial charge in [-0.15, -0.1) is 0 Å². The van der Waals surface area contributed by atoms with Crippen molar-refractivity contribution in [3.63, 3.8) is 0 Å². The van der Waals surface area contributed by atoms with E-state index in [0.29, 0.717) is 6.54 Å². The average molecular weight is 203 g/mol. The van der Waals surface area contributed by atoms with Crippen molar-refractivity contribution in [3.05, 3.63) is 0 Å². The third-order valence-electron chi connectivity index (χ3n) is 2.56. The molecular weight excluding hydrogens is 182 g/mol. The van der Waals surface area contributed by atoms with Crippen LogP contribution in [-0.2, 0) is 4.79 Å². The number of hydrogen-bond donors (Lipinski definition) is 3. The zero-order valence-electron chi connectivity index (χ0n) is 9.32. The monoisotopic (exact) mass is 203 g/mol. The van der Waals surface area contributed by atoms with Gasteiger partial charge in [-0.25, -0.2) is 0 Å². The second-order valence-corrected chi connectivity index (χ2v) is 4.14. The molecule has 0 aromatic heterocycles. The lowest BCUT2D eigenvalue weighted by molar-refractivity contribution is -0.142. The lowest BCUT2D eigenvalue weighted by Crippen LogP contribution is -2.41. The predicted molar refractivity (Wildman–Crippen MR) is 55.1 cm³/mol. The molecule has 0 heterocycles. The summed E-state index contributed by atoms with van der Waals surface area (Å²) in [6.07, 6.45) is -0.418. The molecule has 4 heteroatoms.